The second-order valence-corrected chi connectivity index (χ2v) is 5.98. The summed E-state index contributed by atoms with van der Waals surface area (Å²) >= 11 is 1.45. The van der Waals surface area contributed by atoms with Gasteiger partial charge in [0.15, 0.2) is 0 Å². The summed E-state index contributed by atoms with van der Waals surface area (Å²) in [6.07, 6.45) is 6.75. The Balaban J connectivity index is 0.00000180. The van der Waals surface area contributed by atoms with Gasteiger partial charge >= 0.3 is 0 Å². The number of unbranched alkanes of at least 4 members (excludes halogenated alkanes) is 1. The largest absolute Gasteiger partial charge is 0.317 e. The van der Waals surface area contributed by atoms with E-state index in [4.69, 9.17) is 5.73 Å². The predicted molar refractivity (Wildman–Crippen MR) is 79.8 cm³/mol. The molecule has 0 saturated heterocycles. The molecule has 0 aliphatic heterocycles. The standard InChI is InChI=1S/C12H20N4OS.ClH/c1-2-3-6-9-15-16-11(18-9)14-10(17)12(13)7-4-5-8-12;/h2-8,13H2,1H3,(H,14,16,17);1H. The van der Waals surface area contributed by atoms with Crippen LogP contribution in [0, 0.1) is 0 Å². The van der Waals surface area contributed by atoms with Crippen molar-refractivity contribution in [2.45, 2.75) is 57.4 Å². The SMILES string of the molecule is CCCCc1nnc(NC(=O)C2(N)CCCC2)s1.Cl. The predicted octanol–water partition coefficient (Wildman–Crippen LogP) is 2.51. The highest BCUT2D eigenvalue weighted by atomic mass is 35.5. The van der Waals surface area contributed by atoms with Crippen LogP contribution in [-0.4, -0.2) is 21.6 Å². The van der Waals surface area contributed by atoms with E-state index in [1.165, 1.54) is 11.3 Å². The molecular formula is C12H21ClN4OS. The van der Waals surface area contributed by atoms with Crippen LogP contribution in [0.1, 0.15) is 50.5 Å². The number of hydrogen-bond acceptors (Lipinski definition) is 5. The minimum Gasteiger partial charge on any atom is -0.317 e. The zero-order valence-corrected chi connectivity index (χ0v) is 12.8. The van der Waals surface area contributed by atoms with Crippen LogP contribution in [-0.2, 0) is 11.2 Å². The summed E-state index contributed by atoms with van der Waals surface area (Å²) in [5.74, 6) is -0.113. The number of nitrogens with zero attached hydrogens (tertiary/aromatic N) is 2. The van der Waals surface area contributed by atoms with Gasteiger partial charge in [-0.2, -0.15) is 0 Å². The lowest BCUT2D eigenvalue weighted by molar-refractivity contribution is -0.121. The van der Waals surface area contributed by atoms with Crippen LogP contribution in [0.2, 0.25) is 0 Å². The number of aryl methyl sites for hydroxylation is 1. The van der Waals surface area contributed by atoms with E-state index in [0.29, 0.717) is 5.13 Å². The molecule has 19 heavy (non-hydrogen) atoms. The minimum absolute atomic E-state index is 0. The van der Waals surface area contributed by atoms with E-state index >= 15 is 0 Å². The van der Waals surface area contributed by atoms with E-state index in [0.717, 1.165) is 50.0 Å². The van der Waals surface area contributed by atoms with Gasteiger partial charge in [0.1, 0.15) is 5.01 Å². The molecule has 5 nitrogen and oxygen atoms in total. The molecular weight excluding hydrogens is 284 g/mol. The molecule has 1 aliphatic rings. The molecule has 2 rings (SSSR count). The number of nitrogens with two attached hydrogens (primary N) is 1. The number of rotatable bonds is 5. The van der Waals surface area contributed by atoms with Crippen LogP contribution in [0.15, 0.2) is 0 Å². The molecule has 0 bridgehead atoms. The van der Waals surface area contributed by atoms with Crippen molar-refractivity contribution in [1.82, 2.24) is 10.2 Å². The van der Waals surface area contributed by atoms with Gasteiger partial charge in [-0.1, -0.05) is 37.5 Å². The van der Waals surface area contributed by atoms with E-state index in [1.54, 1.807) is 0 Å². The van der Waals surface area contributed by atoms with Crippen molar-refractivity contribution < 1.29 is 4.79 Å². The summed E-state index contributed by atoms with van der Waals surface area (Å²) < 4.78 is 0. The number of aromatic nitrogens is 2. The van der Waals surface area contributed by atoms with Gasteiger partial charge in [0.05, 0.1) is 5.54 Å². The summed E-state index contributed by atoms with van der Waals surface area (Å²) in [7, 11) is 0. The molecule has 0 spiro atoms. The Morgan fingerprint density at radius 1 is 1.42 bits per heavy atom. The van der Waals surface area contributed by atoms with E-state index in [-0.39, 0.29) is 18.3 Å². The zero-order valence-electron chi connectivity index (χ0n) is 11.1. The Kier molecular flexibility index (Phi) is 6.16. The molecule has 1 aromatic rings. The van der Waals surface area contributed by atoms with Crippen molar-refractivity contribution in [2.24, 2.45) is 5.73 Å². The van der Waals surface area contributed by atoms with E-state index in [1.807, 2.05) is 0 Å². The molecule has 7 heteroatoms. The number of anilines is 1. The van der Waals surface area contributed by atoms with Crippen LogP contribution < -0.4 is 11.1 Å². The van der Waals surface area contributed by atoms with Gasteiger partial charge in [0, 0.05) is 6.42 Å². The maximum absolute atomic E-state index is 12.1. The second kappa shape index (κ2) is 7.17. The quantitative estimate of drug-likeness (QED) is 0.876. The lowest BCUT2D eigenvalue weighted by Crippen LogP contribution is -2.48. The van der Waals surface area contributed by atoms with Crippen molar-refractivity contribution in [2.75, 3.05) is 5.32 Å². The van der Waals surface area contributed by atoms with Gasteiger partial charge in [0.25, 0.3) is 0 Å². The monoisotopic (exact) mass is 304 g/mol. The van der Waals surface area contributed by atoms with Crippen LogP contribution in [0.4, 0.5) is 5.13 Å². The Hall–Kier alpha value is -0.720. The summed E-state index contributed by atoms with van der Waals surface area (Å²) in [4.78, 5) is 12.1. The lowest BCUT2D eigenvalue weighted by Gasteiger charge is -2.20. The third-order valence-corrected chi connectivity index (χ3v) is 4.28. The van der Waals surface area contributed by atoms with E-state index < -0.39 is 5.54 Å². The summed E-state index contributed by atoms with van der Waals surface area (Å²) in [5, 5.41) is 12.4. The first-order valence-electron chi connectivity index (χ1n) is 6.57. The Morgan fingerprint density at radius 3 is 2.74 bits per heavy atom. The molecule has 1 amide bonds. The maximum atomic E-state index is 12.1. The number of amides is 1. The number of halogens is 1. The van der Waals surface area contributed by atoms with Gasteiger partial charge in [-0.3, -0.25) is 10.1 Å². The molecule has 1 aromatic heterocycles. The van der Waals surface area contributed by atoms with Crippen LogP contribution in [0.3, 0.4) is 0 Å². The first-order valence-corrected chi connectivity index (χ1v) is 7.38. The molecule has 0 atom stereocenters. The fraction of sp³-hybridized carbons (Fsp3) is 0.750. The Morgan fingerprint density at radius 2 is 2.11 bits per heavy atom. The van der Waals surface area contributed by atoms with Gasteiger partial charge in [-0.25, -0.2) is 0 Å². The maximum Gasteiger partial charge on any atom is 0.246 e. The molecule has 1 fully saturated rings. The topological polar surface area (TPSA) is 80.9 Å². The number of carbonyl (C=O) groups excluding carboxylic acids is 1. The first kappa shape index (κ1) is 16.3. The molecule has 3 N–H and O–H groups in total. The molecule has 0 aromatic carbocycles. The summed E-state index contributed by atoms with van der Waals surface area (Å²) in [6, 6.07) is 0. The van der Waals surface area contributed by atoms with Crippen LogP contribution in [0.5, 0.6) is 0 Å². The fourth-order valence-corrected chi connectivity index (χ4v) is 2.96. The van der Waals surface area contributed by atoms with Gasteiger partial charge in [-0.15, -0.1) is 22.6 Å². The third-order valence-electron chi connectivity index (χ3n) is 3.38. The highest BCUT2D eigenvalue weighted by Crippen LogP contribution is 2.29. The van der Waals surface area contributed by atoms with Gasteiger partial charge < -0.3 is 5.73 Å². The molecule has 1 aliphatic carbocycles. The lowest BCUT2D eigenvalue weighted by atomic mass is 9.98. The average Bonchev–Trinajstić information content (AvgIpc) is 2.97. The van der Waals surface area contributed by atoms with Gasteiger partial charge in [-0.05, 0) is 19.3 Å². The van der Waals surface area contributed by atoms with Gasteiger partial charge in [0.2, 0.25) is 11.0 Å². The smallest absolute Gasteiger partial charge is 0.246 e. The Labute approximate surface area is 123 Å². The number of nitrogens with one attached hydrogen (secondary N) is 1. The third kappa shape index (κ3) is 4.12. The highest BCUT2D eigenvalue weighted by Gasteiger charge is 2.37. The molecule has 1 saturated carbocycles. The summed E-state index contributed by atoms with van der Waals surface area (Å²) in [5.41, 5.74) is 5.38. The van der Waals surface area contributed by atoms with E-state index in [9.17, 15) is 4.79 Å². The number of carbonyl (C=O) groups is 1. The number of hydrogen-bond donors (Lipinski definition) is 2. The van der Waals surface area contributed by atoms with E-state index in [2.05, 4.69) is 22.4 Å². The van der Waals surface area contributed by atoms with Crippen molar-refractivity contribution in [3.8, 4) is 0 Å². The van der Waals surface area contributed by atoms with Crippen molar-refractivity contribution in [3.05, 3.63) is 5.01 Å². The van der Waals surface area contributed by atoms with Crippen molar-refractivity contribution in [1.29, 1.82) is 0 Å². The molecule has 1 heterocycles. The molecule has 108 valence electrons. The van der Waals surface area contributed by atoms with Crippen LogP contribution in [0.25, 0.3) is 0 Å². The average molecular weight is 305 g/mol. The second-order valence-electron chi connectivity index (χ2n) is 4.92. The highest BCUT2D eigenvalue weighted by molar-refractivity contribution is 7.15. The zero-order chi connectivity index (χ0) is 13.0. The summed E-state index contributed by atoms with van der Waals surface area (Å²) in [6.45, 7) is 2.14. The minimum atomic E-state index is -0.699. The molecule has 0 radical (unpaired) electrons. The fourth-order valence-electron chi connectivity index (χ4n) is 2.19. The first-order chi connectivity index (χ1) is 8.64. The Bertz CT molecular complexity index is 418. The van der Waals surface area contributed by atoms with Crippen molar-refractivity contribution in [3.63, 3.8) is 0 Å². The molecule has 0 unspecified atom stereocenters. The van der Waals surface area contributed by atoms with Crippen molar-refractivity contribution >= 4 is 34.8 Å². The normalized spacial score (nSPS) is 16.9. The van der Waals surface area contributed by atoms with Crippen LogP contribution >= 0.6 is 23.7 Å².